The van der Waals surface area contributed by atoms with Gasteiger partial charge in [0.15, 0.2) is 0 Å². The average Bonchev–Trinajstić information content (AvgIpc) is 3.04. The quantitative estimate of drug-likeness (QED) is 0.563. The Hall–Kier alpha value is -2.62. The second kappa shape index (κ2) is 6.36. The van der Waals surface area contributed by atoms with Crippen molar-refractivity contribution in [1.29, 1.82) is 0 Å². The number of pyridine rings is 1. The molecule has 1 unspecified atom stereocenters. The van der Waals surface area contributed by atoms with Crippen molar-refractivity contribution in [3.05, 3.63) is 94.8 Å². The SMILES string of the molecule is Cc1cc2nc(-c3ccccc3)cn2cc1C(O)c1ccc(Cl)cc1. The summed E-state index contributed by atoms with van der Waals surface area (Å²) >= 11 is 5.94. The van der Waals surface area contributed by atoms with Crippen LogP contribution in [-0.2, 0) is 0 Å². The highest BCUT2D eigenvalue weighted by atomic mass is 35.5. The molecule has 4 heteroatoms. The van der Waals surface area contributed by atoms with Gasteiger partial charge in [-0.3, -0.25) is 0 Å². The van der Waals surface area contributed by atoms with Crippen LogP contribution >= 0.6 is 11.6 Å². The molecule has 1 N–H and O–H groups in total. The Balaban J connectivity index is 1.77. The molecule has 0 saturated carbocycles. The summed E-state index contributed by atoms with van der Waals surface area (Å²) in [5, 5.41) is 11.4. The maximum Gasteiger partial charge on any atom is 0.137 e. The zero-order valence-corrected chi connectivity index (χ0v) is 14.5. The molecule has 124 valence electrons. The molecule has 1 atom stereocenters. The van der Waals surface area contributed by atoms with Crippen LogP contribution < -0.4 is 0 Å². The van der Waals surface area contributed by atoms with Gasteiger partial charge in [0.1, 0.15) is 11.8 Å². The number of hydrogen-bond donors (Lipinski definition) is 1. The second-order valence-corrected chi connectivity index (χ2v) is 6.56. The molecule has 3 nitrogen and oxygen atoms in total. The third kappa shape index (κ3) is 3.04. The van der Waals surface area contributed by atoms with Gasteiger partial charge in [0.25, 0.3) is 0 Å². The normalized spacial score (nSPS) is 12.4. The van der Waals surface area contributed by atoms with Crippen LogP contribution in [0.5, 0.6) is 0 Å². The number of hydrogen-bond acceptors (Lipinski definition) is 2. The van der Waals surface area contributed by atoms with E-state index in [2.05, 4.69) is 0 Å². The van der Waals surface area contributed by atoms with Crippen LogP contribution in [0.15, 0.2) is 73.1 Å². The fourth-order valence-corrected chi connectivity index (χ4v) is 3.13. The van der Waals surface area contributed by atoms with E-state index in [4.69, 9.17) is 16.6 Å². The lowest BCUT2D eigenvalue weighted by Gasteiger charge is -2.14. The molecule has 0 amide bonds. The molecule has 0 bridgehead atoms. The van der Waals surface area contributed by atoms with Gasteiger partial charge in [0.05, 0.1) is 5.69 Å². The lowest BCUT2D eigenvalue weighted by atomic mass is 9.99. The summed E-state index contributed by atoms with van der Waals surface area (Å²) in [6.45, 7) is 1.99. The van der Waals surface area contributed by atoms with Crippen molar-refractivity contribution < 1.29 is 5.11 Å². The molecule has 4 aromatic rings. The molecule has 2 aromatic carbocycles. The number of benzene rings is 2. The minimum Gasteiger partial charge on any atom is -0.384 e. The zero-order chi connectivity index (χ0) is 17.4. The highest BCUT2D eigenvalue weighted by Crippen LogP contribution is 2.28. The van der Waals surface area contributed by atoms with E-state index >= 15 is 0 Å². The molecular formula is C21H17ClN2O. The van der Waals surface area contributed by atoms with Gasteiger partial charge in [-0.1, -0.05) is 54.1 Å². The summed E-state index contributed by atoms with van der Waals surface area (Å²) in [4.78, 5) is 4.69. The Morgan fingerprint density at radius 3 is 2.44 bits per heavy atom. The van der Waals surface area contributed by atoms with Crippen molar-refractivity contribution in [1.82, 2.24) is 9.38 Å². The van der Waals surface area contributed by atoms with Crippen LogP contribution in [0.2, 0.25) is 5.02 Å². The smallest absolute Gasteiger partial charge is 0.137 e. The maximum atomic E-state index is 10.8. The Kier molecular flexibility index (Phi) is 4.04. The third-order valence-electron chi connectivity index (χ3n) is 4.39. The Bertz CT molecular complexity index is 1020. The van der Waals surface area contributed by atoms with Gasteiger partial charge in [0.2, 0.25) is 0 Å². The third-order valence-corrected chi connectivity index (χ3v) is 4.64. The van der Waals surface area contributed by atoms with E-state index in [1.807, 2.05) is 72.2 Å². The average molecular weight is 349 g/mol. The predicted octanol–water partition coefficient (Wildman–Crippen LogP) is 5.04. The number of rotatable bonds is 3. The fourth-order valence-electron chi connectivity index (χ4n) is 3.01. The van der Waals surface area contributed by atoms with Crippen LogP contribution in [0.3, 0.4) is 0 Å². The molecule has 4 rings (SSSR count). The molecule has 2 aromatic heterocycles. The highest BCUT2D eigenvalue weighted by Gasteiger charge is 2.15. The van der Waals surface area contributed by atoms with Gasteiger partial charge in [-0.2, -0.15) is 0 Å². The summed E-state index contributed by atoms with van der Waals surface area (Å²) in [7, 11) is 0. The van der Waals surface area contributed by atoms with Crippen LogP contribution in [0.25, 0.3) is 16.9 Å². The molecule has 25 heavy (non-hydrogen) atoms. The first kappa shape index (κ1) is 15.9. The molecule has 0 aliphatic carbocycles. The second-order valence-electron chi connectivity index (χ2n) is 6.12. The number of imidazole rings is 1. The van der Waals surface area contributed by atoms with Gasteiger partial charge in [-0.05, 0) is 36.2 Å². The van der Waals surface area contributed by atoms with Crippen LogP contribution in [-0.4, -0.2) is 14.5 Å². The summed E-state index contributed by atoms with van der Waals surface area (Å²) in [5.41, 5.74) is 5.52. The van der Waals surface area contributed by atoms with Crippen molar-refractivity contribution in [3.8, 4) is 11.3 Å². The van der Waals surface area contributed by atoms with E-state index in [9.17, 15) is 5.11 Å². The Labute approximate surface area is 151 Å². The summed E-state index contributed by atoms with van der Waals surface area (Å²) in [6, 6.07) is 19.3. The van der Waals surface area contributed by atoms with Gasteiger partial charge in [0, 0.05) is 28.5 Å². The highest BCUT2D eigenvalue weighted by molar-refractivity contribution is 6.30. The van der Waals surface area contributed by atoms with Gasteiger partial charge < -0.3 is 9.51 Å². The minimum absolute atomic E-state index is 0.658. The van der Waals surface area contributed by atoms with Gasteiger partial charge in [-0.15, -0.1) is 0 Å². The van der Waals surface area contributed by atoms with Crippen molar-refractivity contribution in [2.75, 3.05) is 0 Å². The predicted molar refractivity (Wildman–Crippen MR) is 101 cm³/mol. The van der Waals surface area contributed by atoms with Crippen LogP contribution in [0.4, 0.5) is 0 Å². The van der Waals surface area contributed by atoms with E-state index in [0.29, 0.717) is 5.02 Å². The summed E-state index contributed by atoms with van der Waals surface area (Å²) in [5.74, 6) is 0. The number of aliphatic hydroxyl groups is 1. The number of halogens is 1. The van der Waals surface area contributed by atoms with Crippen molar-refractivity contribution in [2.45, 2.75) is 13.0 Å². The largest absolute Gasteiger partial charge is 0.384 e. The number of aliphatic hydroxyl groups excluding tert-OH is 1. The molecule has 0 aliphatic heterocycles. The number of nitrogens with zero attached hydrogens (tertiary/aromatic N) is 2. The van der Waals surface area contributed by atoms with Gasteiger partial charge in [-0.25, -0.2) is 4.98 Å². The summed E-state index contributed by atoms with van der Waals surface area (Å²) < 4.78 is 1.96. The number of aromatic nitrogens is 2. The molecular weight excluding hydrogens is 332 g/mol. The molecule has 0 fully saturated rings. The van der Waals surface area contributed by atoms with E-state index in [0.717, 1.165) is 33.6 Å². The molecule has 0 radical (unpaired) electrons. The number of aryl methyl sites for hydroxylation is 1. The molecule has 0 spiro atoms. The zero-order valence-electron chi connectivity index (χ0n) is 13.7. The van der Waals surface area contributed by atoms with E-state index in [1.165, 1.54) is 0 Å². The Morgan fingerprint density at radius 2 is 1.72 bits per heavy atom. The lowest BCUT2D eigenvalue weighted by Crippen LogP contribution is -2.04. The first-order valence-electron chi connectivity index (χ1n) is 8.10. The topological polar surface area (TPSA) is 37.5 Å². The molecule has 0 aliphatic rings. The molecule has 0 saturated heterocycles. The maximum absolute atomic E-state index is 10.8. The first-order valence-corrected chi connectivity index (χ1v) is 8.48. The minimum atomic E-state index is -0.704. The standard InChI is InChI=1S/C21H17ClN2O/c1-14-11-20-23-19(15-5-3-2-4-6-15)13-24(20)12-18(14)21(25)16-7-9-17(22)10-8-16/h2-13,21,25H,1H3. The van der Waals surface area contributed by atoms with Crippen LogP contribution in [0, 0.1) is 6.92 Å². The van der Waals surface area contributed by atoms with E-state index in [1.54, 1.807) is 12.1 Å². The monoisotopic (exact) mass is 348 g/mol. The first-order chi connectivity index (χ1) is 12.1. The fraction of sp³-hybridized carbons (Fsp3) is 0.0952. The lowest BCUT2D eigenvalue weighted by molar-refractivity contribution is 0.219. The van der Waals surface area contributed by atoms with Crippen molar-refractivity contribution >= 4 is 17.2 Å². The summed E-state index contributed by atoms with van der Waals surface area (Å²) in [6.07, 6.45) is 3.23. The van der Waals surface area contributed by atoms with Gasteiger partial charge >= 0.3 is 0 Å². The molecule has 2 heterocycles. The van der Waals surface area contributed by atoms with Crippen molar-refractivity contribution in [3.63, 3.8) is 0 Å². The van der Waals surface area contributed by atoms with Crippen LogP contribution in [0.1, 0.15) is 22.8 Å². The van der Waals surface area contributed by atoms with Crippen molar-refractivity contribution in [2.24, 2.45) is 0 Å². The van der Waals surface area contributed by atoms with E-state index < -0.39 is 6.10 Å². The van der Waals surface area contributed by atoms with E-state index in [-0.39, 0.29) is 0 Å². The Morgan fingerprint density at radius 1 is 1.00 bits per heavy atom. The number of fused-ring (bicyclic) bond motifs is 1.